The Kier molecular flexibility index (Phi) is 2.63. The van der Waals surface area contributed by atoms with Crippen LogP contribution in [0.3, 0.4) is 0 Å². The fraction of sp³-hybridized carbons (Fsp3) is 0. The van der Waals surface area contributed by atoms with Crippen molar-refractivity contribution in [3.63, 3.8) is 0 Å². The summed E-state index contributed by atoms with van der Waals surface area (Å²) in [6, 6.07) is 0. The maximum atomic E-state index is 10.7. The third-order valence-electron chi connectivity index (χ3n) is 0.108. The molecule has 0 aliphatic rings. The fourth-order valence-corrected chi connectivity index (χ4v) is 0.0907. The molecule has 0 amide bonds. The molecule has 0 aliphatic heterocycles. The summed E-state index contributed by atoms with van der Waals surface area (Å²) in [6.45, 7) is 0. The molecule has 0 rings (SSSR count). The first kappa shape index (κ1) is 5.60. The van der Waals surface area contributed by atoms with E-state index in [0.29, 0.717) is 0 Å². The van der Waals surface area contributed by atoms with Gasteiger partial charge in [-0.3, -0.25) is 0 Å². The molecule has 3 nitrogen and oxygen atoms in total. The minimum absolute atomic E-state index is 1.84. The summed E-state index contributed by atoms with van der Waals surface area (Å²) >= 11 is 0. The maximum absolute atomic E-state index is 10.7. The number of azide groups is 1. The van der Waals surface area contributed by atoms with Crippen LogP contribution < -0.4 is 0 Å². The molecule has 0 spiro atoms. The Labute approximate surface area is 33.6 Å². The zero-order valence-corrected chi connectivity index (χ0v) is 3.44. The highest BCUT2D eigenvalue weighted by molar-refractivity contribution is 7.44. The van der Waals surface area contributed by atoms with Crippen molar-refractivity contribution in [3.05, 3.63) is 10.4 Å². The topological polar surface area (TPSA) is 48.8 Å². The molecule has 0 unspecified atom stereocenters. The van der Waals surface area contributed by atoms with Crippen LogP contribution in [0.5, 0.6) is 0 Å². The van der Waals surface area contributed by atoms with E-state index in [1.54, 1.807) is 0 Å². The van der Waals surface area contributed by atoms with E-state index in [1.165, 1.54) is 0 Å². The van der Waals surface area contributed by atoms with Crippen molar-refractivity contribution in [2.75, 3.05) is 0 Å². The van der Waals surface area contributed by atoms with Gasteiger partial charge >= 0.3 is 8.69 Å². The van der Waals surface area contributed by atoms with Gasteiger partial charge in [0.2, 0.25) is 0 Å². The van der Waals surface area contributed by atoms with Crippen LogP contribution in [0.2, 0.25) is 0 Å². The summed E-state index contributed by atoms with van der Waals surface area (Å²) in [7, 11) is -3.39. The Morgan fingerprint density at radius 2 is 2.17 bits per heavy atom. The van der Waals surface area contributed by atoms with Crippen molar-refractivity contribution in [1.29, 1.82) is 0 Å². The summed E-state index contributed by atoms with van der Waals surface area (Å²) in [5, 5.41) is 0. The van der Waals surface area contributed by atoms with Gasteiger partial charge in [-0.05, 0) is 10.4 Å². The van der Waals surface area contributed by atoms with Crippen molar-refractivity contribution in [2.24, 2.45) is 4.88 Å². The zero-order chi connectivity index (χ0) is 4.99. The molecule has 6 heteroatoms. The van der Waals surface area contributed by atoms with Crippen LogP contribution in [0.25, 0.3) is 10.4 Å². The predicted molar refractivity (Wildman–Crippen MR) is 18.3 cm³/mol. The molecular weight excluding hydrogens is 111 g/mol. The van der Waals surface area contributed by atoms with E-state index < -0.39 is 8.69 Å². The quantitative estimate of drug-likeness (QED) is 0.216. The lowest BCUT2D eigenvalue weighted by Crippen LogP contribution is -1.27. The smallest absolute Gasteiger partial charge is 0.181 e. The second kappa shape index (κ2) is 2.82. The molecule has 0 aromatic rings. The highest BCUT2D eigenvalue weighted by Gasteiger charge is 1.92. The Morgan fingerprint density at radius 3 is 2.17 bits per heavy atom. The van der Waals surface area contributed by atoms with E-state index in [2.05, 4.69) is 0 Å². The van der Waals surface area contributed by atoms with E-state index in [4.69, 9.17) is 5.53 Å². The SMILES string of the molecule is [N-]=[N+]=NP(F)F. The first-order chi connectivity index (χ1) is 2.77. The lowest BCUT2D eigenvalue weighted by atomic mass is 13.0. The van der Waals surface area contributed by atoms with Crippen LogP contribution in [0.4, 0.5) is 8.39 Å². The molecule has 6 heavy (non-hydrogen) atoms. The average molecular weight is 111 g/mol. The van der Waals surface area contributed by atoms with Crippen LogP contribution in [-0.4, -0.2) is 0 Å². The Bertz CT molecular complexity index is 72.9. The lowest BCUT2D eigenvalue weighted by Gasteiger charge is -1.70. The Balaban J connectivity index is 3.29. The van der Waals surface area contributed by atoms with Gasteiger partial charge < -0.3 is 0 Å². The zero-order valence-electron chi connectivity index (χ0n) is 2.54. The van der Waals surface area contributed by atoms with E-state index in [1.807, 2.05) is 9.80 Å². The van der Waals surface area contributed by atoms with Crippen LogP contribution in [0.15, 0.2) is 4.88 Å². The largest absolute Gasteiger partial charge is 0.356 e. The van der Waals surface area contributed by atoms with Gasteiger partial charge in [-0.2, -0.15) is 8.39 Å². The number of nitrogens with zero attached hydrogens (tertiary/aromatic N) is 3. The molecule has 0 saturated heterocycles. The van der Waals surface area contributed by atoms with Crippen molar-refractivity contribution in [1.82, 2.24) is 0 Å². The van der Waals surface area contributed by atoms with Crippen molar-refractivity contribution in [2.45, 2.75) is 0 Å². The van der Waals surface area contributed by atoms with Gasteiger partial charge in [-0.25, -0.2) is 0 Å². The van der Waals surface area contributed by atoms with Crippen molar-refractivity contribution in [3.8, 4) is 0 Å². The van der Waals surface area contributed by atoms with Gasteiger partial charge in [0, 0.05) is 4.91 Å². The predicted octanol–water partition coefficient (Wildman–Crippen LogP) is 2.46. The average Bonchev–Trinajstić information content (AvgIpc) is 1.35. The minimum atomic E-state index is -3.39. The van der Waals surface area contributed by atoms with Crippen molar-refractivity contribution < 1.29 is 8.39 Å². The van der Waals surface area contributed by atoms with Gasteiger partial charge in [-0.15, -0.1) is 0 Å². The molecule has 0 aromatic carbocycles. The highest BCUT2D eigenvalue weighted by atomic mass is 31.2. The van der Waals surface area contributed by atoms with E-state index in [9.17, 15) is 8.39 Å². The van der Waals surface area contributed by atoms with Crippen LogP contribution in [0, 0.1) is 0 Å². The van der Waals surface area contributed by atoms with Crippen LogP contribution in [-0.2, 0) is 0 Å². The van der Waals surface area contributed by atoms with E-state index >= 15 is 0 Å². The van der Waals surface area contributed by atoms with E-state index in [-0.39, 0.29) is 0 Å². The normalized spacial score (nSPS) is 7.83. The van der Waals surface area contributed by atoms with Gasteiger partial charge in [0.15, 0.2) is 0 Å². The molecule has 0 saturated carbocycles. The summed E-state index contributed by atoms with van der Waals surface area (Å²) in [5.74, 6) is 0. The van der Waals surface area contributed by atoms with Gasteiger partial charge in [0.25, 0.3) is 0 Å². The van der Waals surface area contributed by atoms with E-state index in [0.717, 1.165) is 0 Å². The Morgan fingerprint density at radius 1 is 1.67 bits per heavy atom. The maximum Gasteiger partial charge on any atom is 0.356 e. The third-order valence-corrected chi connectivity index (χ3v) is 0.323. The minimum Gasteiger partial charge on any atom is -0.181 e. The second-order valence-electron chi connectivity index (χ2n) is 0.394. The molecule has 0 fully saturated rings. The fourth-order valence-electron chi connectivity index (χ4n) is 0.0302. The van der Waals surface area contributed by atoms with Gasteiger partial charge in [0.1, 0.15) is 0 Å². The van der Waals surface area contributed by atoms with Crippen LogP contribution >= 0.6 is 8.69 Å². The first-order valence-corrected chi connectivity index (χ1v) is 2.01. The lowest BCUT2D eigenvalue weighted by molar-refractivity contribution is 0.746. The van der Waals surface area contributed by atoms with Gasteiger partial charge in [-0.1, -0.05) is 0 Å². The van der Waals surface area contributed by atoms with Gasteiger partial charge in [0.05, 0.1) is 0 Å². The monoisotopic (exact) mass is 111 g/mol. The molecule has 0 bridgehead atoms. The molecular formula is F2N3P. The second-order valence-corrected chi connectivity index (χ2v) is 1.00. The number of halogens is 2. The number of hydrogen-bond donors (Lipinski definition) is 0. The highest BCUT2D eigenvalue weighted by Crippen LogP contribution is 2.39. The van der Waals surface area contributed by atoms with Crippen molar-refractivity contribution >= 4 is 8.69 Å². The molecule has 0 radical (unpaired) electrons. The molecule has 34 valence electrons. The molecule has 0 N–H and O–H groups in total. The number of hydrogen-bond acceptors (Lipinski definition) is 1. The molecule has 0 atom stereocenters. The van der Waals surface area contributed by atoms with Crippen LogP contribution in [0.1, 0.15) is 0 Å². The summed E-state index contributed by atoms with van der Waals surface area (Å²) in [5.41, 5.74) is 7.23. The summed E-state index contributed by atoms with van der Waals surface area (Å²) < 4.78 is 21.4. The standard InChI is InChI=1S/F2N3P/c1-6(2)5-4-3. The third kappa shape index (κ3) is 3.60. The summed E-state index contributed by atoms with van der Waals surface area (Å²) in [4.78, 5) is 3.88. The molecule has 0 aliphatic carbocycles. The first-order valence-electron chi connectivity index (χ1n) is 0.938. The summed E-state index contributed by atoms with van der Waals surface area (Å²) in [6.07, 6.45) is 0. The Hall–Kier alpha value is -0.400. The molecule has 0 heterocycles. The number of rotatable bonds is 1. The molecule has 0 aromatic heterocycles.